The second-order valence-corrected chi connectivity index (χ2v) is 4.79. The largest absolute Gasteiger partial charge is 0.673 e. The van der Waals surface area contributed by atoms with E-state index in [1.54, 1.807) is 24.3 Å². The highest BCUT2D eigenvalue weighted by Crippen LogP contribution is 2.27. The Hall–Kier alpha value is -3.55. The number of diazo groups is 2. The van der Waals surface area contributed by atoms with Crippen LogP contribution in [0.25, 0.3) is 31.8 Å². The first-order valence-electron chi connectivity index (χ1n) is 6.97. The Kier molecular flexibility index (Phi) is 7.15. The maximum Gasteiger partial charge on any atom is 0.673 e. The van der Waals surface area contributed by atoms with Gasteiger partial charge < -0.3 is 34.5 Å². The van der Waals surface area contributed by atoms with Gasteiger partial charge in [0, 0.05) is 22.9 Å². The molecule has 1 heterocycles. The van der Waals surface area contributed by atoms with Crippen LogP contribution in [0.5, 0.6) is 0 Å². The summed E-state index contributed by atoms with van der Waals surface area (Å²) in [4.78, 5) is 6.22. The number of rotatable bonds is 0. The number of nitrogens with zero attached hydrogens (tertiary/aromatic N) is 6. The van der Waals surface area contributed by atoms with Gasteiger partial charge in [0.2, 0.25) is 10.8 Å². The lowest BCUT2D eigenvalue weighted by molar-refractivity contribution is 0.366. The van der Waals surface area contributed by atoms with E-state index in [0.717, 1.165) is 10.8 Å². The van der Waals surface area contributed by atoms with Crippen molar-refractivity contribution in [2.75, 3.05) is 0 Å². The van der Waals surface area contributed by atoms with Crippen LogP contribution in [-0.2, 0) is 0 Å². The highest BCUT2D eigenvalue weighted by molar-refractivity contribution is 6.50. The van der Waals surface area contributed by atoms with Gasteiger partial charge in [-0.2, -0.15) is 0 Å². The summed E-state index contributed by atoms with van der Waals surface area (Å²) in [5.74, 6) is 0. The molecule has 3 rings (SSSR count). The lowest BCUT2D eigenvalue weighted by Crippen LogP contribution is -2.02. The molecule has 28 heavy (non-hydrogen) atoms. The van der Waals surface area contributed by atoms with Crippen LogP contribution >= 0.6 is 0 Å². The Labute approximate surface area is 150 Å². The maximum absolute atomic E-state index is 9.75. The maximum atomic E-state index is 9.75. The zero-order valence-electron chi connectivity index (χ0n) is 13.3. The molecule has 0 radical (unpaired) electrons. The SMILES string of the molecule is F[B-](F)(F)F.F[B-](F)(F)F.N#[N+]c1ccc2c(c1)nnc1cc([N+]#N)ccc12. The molecule has 0 bridgehead atoms. The van der Waals surface area contributed by atoms with Crippen LogP contribution in [0.3, 0.4) is 0 Å². The Bertz CT molecular complexity index is 960. The number of benzene rings is 2. The highest BCUT2D eigenvalue weighted by atomic mass is 19.5. The minimum absolute atomic E-state index is 0.429. The molecule has 2 aromatic carbocycles. The molecule has 1 aromatic heterocycles. The Morgan fingerprint density at radius 3 is 1.14 bits per heavy atom. The highest BCUT2D eigenvalue weighted by Gasteiger charge is 2.21. The second kappa shape index (κ2) is 8.90. The molecule has 0 saturated heterocycles. The predicted molar refractivity (Wildman–Crippen MR) is 86.9 cm³/mol. The van der Waals surface area contributed by atoms with Crippen LogP contribution in [0.1, 0.15) is 0 Å². The first-order chi connectivity index (χ1) is 12.8. The summed E-state index contributed by atoms with van der Waals surface area (Å²) in [5, 5.41) is 27.3. The van der Waals surface area contributed by atoms with E-state index in [-0.39, 0.29) is 0 Å². The van der Waals surface area contributed by atoms with E-state index in [1.165, 1.54) is 0 Å². The summed E-state index contributed by atoms with van der Waals surface area (Å²) >= 11 is 0. The molecule has 0 amide bonds. The molecule has 0 atom stereocenters. The number of hydrogen-bond acceptors (Lipinski definition) is 4. The lowest BCUT2D eigenvalue weighted by Gasteiger charge is -1.98. The van der Waals surface area contributed by atoms with E-state index in [2.05, 4.69) is 20.1 Å². The Morgan fingerprint density at radius 1 is 0.607 bits per heavy atom. The molecule has 0 aliphatic heterocycles. The van der Waals surface area contributed by atoms with Crippen molar-refractivity contribution in [3.05, 3.63) is 46.4 Å². The monoisotopic (exact) mass is 408 g/mol. The van der Waals surface area contributed by atoms with Crippen LogP contribution < -0.4 is 0 Å². The van der Waals surface area contributed by atoms with Gasteiger partial charge in [-0.25, -0.2) is 0 Å². The normalized spacial score (nSPS) is 10.8. The van der Waals surface area contributed by atoms with E-state index in [9.17, 15) is 34.5 Å². The fraction of sp³-hybridized carbons (Fsp3) is 0. The van der Waals surface area contributed by atoms with Gasteiger partial charge in [0.1, 0.15) is 11.0 Å². The first kappa shape index (κ1) is 22.5. The molecule has 0 N–H and O–H groups in total. The topological polar surface area (TPSA) is 82.1 Å². The van der Waals surface area contributed by atoms with Crippen LogP contribution in [0.2, 0.25) is 0 Å². The van der Waals surface area contributed by atoms with E-state index < -0.39 is 14.5 Å². The van der Waals surface area contributed by atoms with Crippen molar-refractivity contribution < 1.29 is 34.5 Å². The van der Waals surface area contributed by atoms with Crippen molar-refractivity contribution in [1.29, 1.82) is 10.8 Å². The lowest BCUT2D eigenvalue weighted by atomic mass is 10.1. The van der Waals surface area contributed by atoms with Gasteiger partial charge in [-0.1, -0.05) is 0 Å². The standard InChI is InChI=1S/C12H6N6.2BF4/c13-15-7-1-3-9-10-4-2-8(16-14)6-12(10)18-17-11(9)5-7;2*2-1(3,4)5/h1-6H;;/q+2;2*-1. The minimum Gasteiger partial charge on any atom is -0.418 e. The first-order valence-corrected chi connectivity index (χ1v) is 6.97. The van der Waals surface area contributed by atoms with E-state index in [4.69, 9.17) is 10.8 Å². The summed E-state index contributed by atoms with van der Waals surface area (Å²) in [7, 11) is -12.0. The van der Waals surface area contributed by atoms with Crippen molar-refractivity contribution in [1.82, 2.24) is 10.2 Å². The molecule has 0 aliphatic carbocycles. The summed E-state index contributed by atoms with van der Waals surface area (Å²) in [5.41, 5.74) is 2.15. The average Bonchev–Trinajstić information content (AvgIpc) is 2.57. The zero-order chi connectivity index (χ0) is 21.5. The Balaban J connectivity index is 0.000000329. The fourth-order valence-corrected chi connectivity index (χ4v) is 1.89. The predicted octanol–water partition coefficient (Wildman–Crippen LogP) is 6.35. The van der Waals surface area contributed by atoms with Gasteiger partial charge in [-0.15, -0.1) is 10.2 Å². The van der Waals surface area contributed by atoms with Crippen molar-refractivity contribution in [2.24, 2.45) is 0 Å². The number of hydrogen-bond donors (Lipinski definition) is 0. The van der Waals surface area contributed by atoms with Crippen molar-refractivity contribution in [3.63, 3.8) is 0 Å². The third kappa shape index (κ3) is 8.22. The minimum atomic E-state index is -6.00. The molecule has 6 nitrogen and oxygen atoms in total. The van der Waals surface area contributed by atoms with E-state index in [1.807, 2.05) is 12.1 Å². The molecule has 3 aromatic rings. The number of halogens is 8. The molecule has 16 heteroatoms. The summed E-state index contributed by atoms with van der Waals surface area (Å²) in [6.07, 6.45) is 0. The van der Waals surface area contributed by atoms with Gasteiger partial charge in [0.25, 0.3) is 0 Å². The van der Waals surface area contributed by atoms with E-state index >= 15 is 0 Å². The van der Waals surface area contributed by atoms with E-state index in [0.29, 0.717) is 22.4 Å². The molecule has 0 aliphatic rings. The van der Waals surface area contributed by atoms with Crippen LogP contribution in [0.15, 0.2) is 36.4 Å². The van der Waals surface area contributed by atoms with Crippen molar-refractivity contribution >= 4 is 47.7 Å². The average molecular weight is 408 g/mol. The fourth-order valence-electron chi connectivity index (χ4n) is 1.89. The molecule has 0 unspecified atom stereocenters. The number of aromatic nitrogens is 2. The van der Waals surface area contributed by atoms with Crippen LogP contribution in [0.4, 0.5) is 45.9 Å². The van der Waals surface area contributed by atoms with Crippen LogP contribution in [0, 0.1) is 10.8 Å². The molecular weight excluding hydrogens is 402 g/mol. The zero-order valence-corrected chi connectivity index (χ0v) is 13.3. The molecule has 0 spiro atoms. The van der Waals surface area contributed by atoms with Crippen molar-refractivity contribution in [2.45, 2.75) is 0 Å². The number of fused-ring (bicyclic) bond motifs is 3. The quantitative estimate of drug-likeness (QED) is 0.188. The molecular formula is C12H6B2F8N6. The third-order valence-electron chi connectivity index (χ3n) is 2.75. The van der Waals surface area contributed by atoms with Gasteiger partial charge in [0.05, 0.1) is 12.1 Å². The van der Waals surface area contributed by atoms with Gasteiger partial charge in [-0.3, -0.25) is 0 Å². The van der Waals surface area contributed by atoms with Gasteiger partial charge in [0.15, 0.2) is 9.95 Å². The summed E-state index contributed by atoms with van der Waals surface area (Å²) < 4.78 is 78.0. The van der Waals surface area contributed by atoms with Crippen LogP contribution in [-0.4, -0.2) is 24.7 Å². The van der Waals surface area contributed by atoms with Crippen molar-refractivity contribution in [3.8, 4) is 0 Å². The summed E-state index contributed by atoms with van der Waals surface area (Å²) in [6.45, 7) is 0. The van der Waals surface area contributed by atoms with Gasteiger partial charge in [-0.05, 0) is 12.1 Å². The smallest absolute Gasteiger partial charge is 0.418 e. The second-order valence-electron chi connectivity index (χ2n) is 4.79. The molecule has 146 valence electrons. The third-order valence-corrected chi connectivity index (χ3v) is 2.75. The summed E-state index contributed by atoms with van der Waals surface area (Å²) in [6, 6.07) is 10.3. The molecule has 0 saturated carbocycles. The Morgan fingerprint density at radius 2 is 0.893 bits per heavy atom. The molecule has 0 fully saturated rings. The van der Waals surface area contributed by atoms with Gasteiger partial charge >= 0.3 is 25.9 Å².